The van der Waals surface area contributed by atoms with Gasteiger partial charge in [0.05, 0.1) is 6.61 Å². The first kappa shape index (κ1) is 20.6. The third-order valence-corrected chi connectivity index (χ3v) is 5.04. The van der Waals surface area contributed by atoms with Gasteiger partial charge in [0.1, 0.15) is 0 Å². The van der Waals surface area contributed by atoms with Gasteiger partial charge >= 0.3 is 12.2 Å². The summed E-state index contributed by atoms with van der Waals surface area (Å²) in [6, 6.07) is -0.0846. The number of ether oxygens (including phenoxy) is 1. The molecule has 0 saturated heterocycles. The van der Waals surface area contributed by atoms with Gasteiger partial charge in [-0.15, -0.1) is 0 Å². The van der Waals surface area contributed by atoms with E-state index in [0.29, 0.717) is 19.1 Å². The van der Waals surface area contributed by atoms with E-state index in [9.17, 15) is 9.59 Å². The van der Waals surface area contributed by atoms with Gasteiger partial charge in [-0.1, -0.05) is 47.5 Å². The van der Waals surface area contributed by atoms with Crippen molar-refractivity contribution in [2.75, 3.05) is 13.2 Å². The highest BCUT2D eigenvalue weighted by Gasteiger charge is 2.41. The normalized spacial score (nSPS) is 26.0. The lowest BCUT2D eigenvalue weighted by atomic mass is 9.62. The molecule has 2 atom stereocenters. The average Bonchev–Trinajstić information content (AvgIpc) is 2.43. The molecule has 1 saturated carbocycles. The summed E-state index contributed by atoms with van der Waals surface area (Å²) < 4.78 is 5.31. The zero-order chi connectivity index (χ0) is 18.4. The van der Waals surface area contributed by atoms with Crippen LogP contribution in [0.4, 0.5) is 9.59 Å². The topological polar surface area (TPSA) is 87.7 Å². The second-order valence-electron chi connectivity index (χ2n) is 8.34. The van der Waals surface area contributed by atoms with Gasteiger partial charge < -0.3 is 20.5 Å². The third kappa shape index (κ3) is 6.97. The summed E-state index contributed by atoms with van der Waals surface area (Å²) in [5.41, 5.74) is -0.121. The first-order valence-electron chi connectivity index (χ1n) is 8.99. The smallest absolute Gasteiger partial charge is 0.407 e. The van der Waals surface area contributed by atoms with Crippen molar-refractivity contribution in [2.45, 2.75) is 72.8 Å². The maximum Gasteiger partial charge on any atom is 0.407 e. The molecule has 3 N–H and O–H groups in total. The van der Waals surface area contributed by atoms with Gasteiger partial charge in [-0.2, -0.15) is 0 Å². The van der Waals surface area contributed by atoms with E-state index < -0.39 is 6.09 Å². The summed E-state index contributed by atoms with van der Waals surface area (Å²) >= 11 is 0. The van der Waals surface area contributed by atoms with Crippen LogP contribution < -0.4 is 10.6 Å². The minimum absolute atomic E-state index is 0.0290. The standard InChI is InChI=1S/C18H34N2O4/c1-6-13(7-2)10-24-16(23)19-12-18(5)9-14(20-15(21)22)8-17(3,4)11-18/h13-14,20H,6-12H2,1-5H3,(H,19,23)(H,21,22). The molecule has 1 aliphatic carbocycles. The molecule has 2 amide bonds. The van der Waals surface area contributed by atoms with Crippen molar-refractivity contribution in [2.24, 2.45) is 16.7 Å². The number of amides is 2. The SMILES string of the molecule is CCC(CC)COC(=O)NCC1(C)CC(NC(=O)O)CC(C)(C)C1. The molecular formula is C18H34N2O4. The fourth-order valence-electron chi connectivity index (χ4n) is 4.10. The van der Waals surface area contributed by atoms with E-state index in [-0.39, 0.29) is 23.0 Å². The molecule has 1 aliphatic rings. The largest absolute Gasteiger partial charge is 0.465 e. The minimum atomic E-state index is -0.988. The number of hydrogen-bond acceptors (Lipinski definition) is 3. The molecule has 6 nitrogen and oxygen atoms in total. The molecule has 0 aliphatic heterocycles. The lowest BCUT2D eigenvalue weighted by molar-refractivity contribution is 0.0647. The van der Waals surface area contributed by atoms with Gasteiger partial charge in [-0.25, -0.2) is 9.59 Å². The number of carbonyl (C=O) groups is 2. The van der Waals surface area contributed by atoms with Crippen molar-refractivity contribution in [1.82, 2.24) is 10.6 Å². The molecular weight excluding hydrogens is 308 g/mol. The Morgan fingerprint density at radius 1 is 1.21 bits per heavy atom. The Bertz CT molecular complexity index is 435. The van der Waals surface area contributed by atoms with E-state index >= 15 is 0 Å². The summed E-state index contributed by atoms with van der Waals surface area (Å²) in [5.74, 6) is 0.407. The minimum Gasteiger partial charge on any atom is -0.465 e. The van der Waals surface area contributed by atoms with Crippen LogP contribution in [-0.4, -0.2) is 36.5 Å². The van der Waals surface area contributed by atoms with E-state index in [1.54, 1.807) is 0 Å². The number of rotatable bonds is 7. The van der Waals surface area contributed by atoms with E-state index in [4.69, 9.17) is 9.84 Å². The molecule has 140 valence electrons. The zero-order valence-corrected chi connectivity index (χ0v) is 15.8. The molecule has 1 rings (SSSR count). The van der Waals surface area contributed by atoms with Crippen molar-refractivity contribution in [3.63, 3.8) is 0 Å². The number of nitrogens with one attached hydrogen (secondary N) is 2. The lowest BCUT2D eigenvalue weighted by Crippen LogP contribution is -2.50. The van der Waals surface area contributed by atoms with Crippen LogP contribution in [0.3, 0.4) is 0 Å². The molecule has 0 radical (unpaired) electrons. The van der Waals surface area contributed by atoms with Crippen molar-refractivity contribution in [1.29, 1.82) is 0 Å². The summed E-state index contributed by atoms with van der Waals surface area (Å²) in [5, 5.41) is 14.5. The van der Waals surface area contributed by atoms with E-state index in [2.05, 4.69) is 45.3 Å². The Morgan fingerprint density at radius 3 is 2.38 bits per heavy atom. The van der Waals surface area contributed by atoms with Crippen LogP contribution in [0.2, 0.25) is 0 Å². The number of carbonyl (C=O) groups excluding carboxylic acids is 1. The first-order valence-corrected chi connectivity index (χ1v) is 8.99. The fraction of sp³-hybridized carbons (Fsp3) is 0.889. The van der Waals surface area contributed by atoms with Crippen LogP contribution in [0, 0.1) is 16.7 Å². The highest BCUT2D eigenvalue weighted by atomic mass is 16.5. The van der Waals surface area contributed by atoms with Gasteiger partial charge in [0.2, 0.25) is 0 Å². The van der Waals surface area contributed by atoms with Crippen molar-refractivity contribution >= 4 is 12.2 Å². The maximum atomic E-state index is 11.9. The molecule has 6 heteroatoms. The monoisotopic (exact) mass is 342 g/mol. The molecule has 0 aromatic heterocycles. The summed E-state index contributed by atoms with van der Waals surface area (Å²) in [6.45, 7) is 11.5. The Labute approximate surface area is 145 Å². The van der Waals surface area contributed by atoms with Crippen LogP contribution in [0.25, 0.3) is 0 Å². The van der Waals surface area contributed by atoms with Crippen molar-refractivity contribution in [3.8, 4) is 0 Å². The Hall–Kier alpha value is -1.46. The highest BCUT2D eigenvalue weighted by molar-refractivity contribution is 5.67. The molecule has 2 unspecified atom stereocenters. The Balaban J connectivity index is 2.54. The van der Waals surface area contributed by atoms with Gasteiger partial charge in [0.15, 0.2) is 0 Å². The third-order valence-electron chi connectivity index (χ3n) is 5.04. The number of alkyl carbamates (subject to hydrolysis) is 1. The predicted molar refractivity (Wildman–Crippen MR) is 94.1 cm³/mol. The lowest BCUT2D eigenvalue weighted by Gasteiger charge is -2.46. The fourth-order valence-corrected chi connectivity index (χ4v) is 4.10. The summed E-state index contributed by atoms with van der Waals surface area (Å²) in [4.78, 5) is 22.9. The second kappa shape index (κ2) is 8.58. The number of carboxylic acid groups (broad SMARTS) is 1. The van der Waals surface area contributed by atoms with E-state index in [1.165, 1.54) is 0 Å². The van der Waals surface area contributed by atoms with Crippen LogP contribution in [-0.2, 0) is 4.74 Å². The van der Waals surface area contributed by atoms with Gasteiger partial charge in [-0.3, -0.25) is 0 Å². The van der Waals surface area contributed by atoms with Crippen molar-refractivity contribution < 1.29 is 19.4 Å². The molecule has 0 aromatic rings. The number of hydrogen-bond donors (Lipinski definition) is 3. The summed E-state index contributed by atoms with van der Waals surface area (Å²) in [7, 11) is 0. The Morgan fingerprint density at radius 2 is 1.83 bits per heavy atom. The molecule has 1 fully saturated rings. The van der Waals surface area contributed by atoms with Gasteiger partial charge in [0, 0.05) is 12.6 Å². The average molecular weight is 342 g/mol. The molecule has 0 aromatic carbocycles. The van der Waals surface area contributed by atoms with Crippen LogP contribution in [0.5, 0.6) is 0 Å². The zero-order valence-electron chi connectivity index (χ0n) is 15.8. The summed E-state index contributed by atoms with van der Waals surface area (Å²) in [6.07, 6.45) is 3.09. The van der Waals surface area contributed by atoms with E-state index in [1.807, 2.05) is 0 Å². The molecule has 0 spiro atoms. The van der Waals surface area contributed by atoms with Crippen LogP contribution >= 0.6 is 0 Å². The first-order chi connectivity index (χ1) is 11.1. The van der Waals surface area contributed by atoms with Gasteiger partial charge in [-0.05, 0) is 36.0 Å². The van der Waals surface area contributed by atoms with Crippen LogP contribution in [0.1, 0.15) is 66.7 Å². The second-order valence-corrected chi connectivity index (χ2v) is 8.34. The molecule has 24 heavy (non-hydrogen) atoms. The van der Waals surface area contributed by atoms with E-state index in [0.717, 1.165) is 32.1 Å². The molecule has 0 heterocycles. The van der Waals surface area contributed by atoms with Gasteiger partial charge in [0.25, 0.3) is 0 Å². The molecule has 0 bridgehead atoms. The van der Waals surface area contributed by atoms with Crippen molar-refractivity contribution in [3.05, 3.63) is 0 Å². The Kier molecular flexibility index (Phi) is 7.36. The predicted octanol–water partition coefficient (Wildman–Crippen LogP) is 4.00. The maximum absolute atomic E-state index is 11.9. The quantitative estimate of drug-likeness (QED) is 0.652. The highest BCUT2D eigenvalue weighted by Crippen LogP contribution is 2.45. The van der Waals surface area contributed by atoms with Crippen LogP contribution in [0.15, 0.2) is 0 Å².